The molecule has 1 fully saturated rings. The van der Waals surface area contributed by atoms with E-state index in [1.54, 1.807) is 18.2 Å². The Hall–Kier alpha value is -1.17. The summed E-state index contributed by atoms with van der Waals surface area (Å²) < 4.78 is 29.6. The van der Waals surface area contributed by atoms with Gasteiger partial charge in [-0.3, -0.25) is 4.55 Å². The van der Waals surface area contributed by atoms with E-state index in [0.29, 0.717) is 0 Å². The van der Waals surface area contributed by atoms with Gasteiger partial charge in [0.1, 0.15) is 0 Å². The Kier molecular flexibility index (Phi) is 4.08. The molecule has 1 saturated carbocycles. The third kappa shape index (κ3) is 4.68. The molecular formula is C12H16O4S. The number of aliphatic hydroxyl groups is 1. The summed E-state index contributed by atoms with van der Waals surface area (Å²) in [6.45, 7) is 5.29. The number of benzene rings is 1. The lowest BCUT2D eigenvalue weighted by Gasteiger charge is -1.95. The summed E-state index contributed by atoms with van der Waals surface area (Å²) in [7, 11) is -4.02. The molecule has 0 radical (unpaired) electrons. The lowest BCUT2D eigenvalue weighted by molar-refractivity contribution is 0.202. The second-order valence-corrected chi connectivity index (χ2v) is 5.52. The maximum atomic E-state index is 10.5. The van der Waals surface area contributed by atoms with Crippen LogP contribution in [0.5, 0.6) is 0 Å². The summed E-state index contributed by atoms with van der Waals surface area (Å²) >= 11 is 0. The molecule has 2 N–H and O–H groups in total. The molecule has 0 spiro atoms. The molecule has 0 saturated heterocycles. The van der Waals surface area contributed by atoms with Gasteiger partial charge in [0.25, 0.3) is 10.1 Å². The summed E-state index contributed by atoms with van der Waals surface area (Å²) in [6, 6.07) is 5.99. The van der Waals surface area contributed by atoms with Gasteiger partial charge in [0.2, 0.25) is 0 Å². The molecule has 1 aliphatic rings. The van der Waals surface area contributed by atoms with Crippen molar-refractivity contribution < 1.29 is 18.1 Å². The maximum Gasteiger partial charge on any atom is 0.294 e. The van der Waals surface area contributed by atoms with E-state index >= 15 is 0 Å². The molecule has 1 aliphatic carbocycles. The Morgan fingerprint density at radius 1 is 1.29 bits per heavy atom. The minimum atomic E-state index is -4.02. The molecule has 17 heavy (non-hydrogen) atoms. The van der Waals surface area contributed by atoms with Gasteiger partial charge in [-0.2, -0.15) is 8.42 Å². The van der Waals surface area contributed by atoms with Crippen molar-refractivity contribution in [3.05, 3.63) is 42.5 Å². The summed E-state index contributed by atoms with van der Waals surface area (Å²) in [5, 5.41) is 8.82. The van der Waals surface area contributed by atoms with Gasteiger partial charge >= 0.3 is 0 Å². The highest BCUT2D eigenvalue weighted by atomic mass is 32.2. The van der Waals surface area contributed by atoms with Crippen LogP contribution in [-0.4, -0.2) is 23.7 Å². The van der Waals surface area contributed by atoms with Crippen molar-refractivity contribution in [2.45, 2.75) is 30.3 Å². The summed E-state index contributed by atoms with van der Waals surface area (Å²) in [5.74, 6) is 0. The highest BCUT2D eigenvalue weighted by Gasteiger charge is 2.36. The molecule has 0 unspecified atom stereocenters. The number of hydrogen-bond donors (Lipinski definition) is 2. The van der Waals surface area contributed by atoms with E-state index in [4.69, 9.17) is 9.66 Å². The number of rotatable bonds is 2. The fourth-order valence-corrected chi connectivity index (χ4v) is 1.52. The highest BCUT2D eigenvalue weighted by Crippen LogP contribution is 2.35. The summed E-state index contributed by atoms with van der Waals surface area (Å²) in [6.07, 6.45) is 3.43. The first kappa shape index (κ1) is 13.9. The van der Waals surface area contributed by atoms with Gasteiger partial charge in [0, 0.05) is 0 Å². The van der Waals surface area contributed by atoms with E-state index in [1.807, 2.05) is 6.92 Å². The molecule has 5 heteroatoms. The zero-order chi connectivity index (χ0) is 13.1. The van der Waals surface area contributed by atoms with Crippen LogP contribution in [0.3, 0.4) is 0 Å². The van der Waals surface area contributed by atoms with E-state index in [1.165, 1.54) is 12.1 Å². The molecular weight excluding hydrogens is 240 g/mol. The zero-order valence-corrected chi connectivity index (χ0v) is 10.4. The van der Waals surface area contributed by atoms with Gasteiger partial charge in [-0.25, -0.2) is 0 Å². The van der Waals surface area contributed by atoms with E-state index in [0.717, 1.165) is 18.4 Å². The minimum absolute atomic E-state index is 0.0666. The smallest absolute Gasteiger partial charge is 0.294 e. The molecule has 0 atom stereocenters. The Bertz CT molecular complexity index is 484. The largest absolute Gasteiger partial charge is 0.386 e. The molecule has 1 aromatic carbocycles. The number of hydrogen-bond acceptors (Lipinski definition) is 3. The molecule has 0 aliphatic heterocycles. The van der Waals surface area contributed by atoms with E-state index in [-0.39, 0.29) is 4.90 Å². The Morgan fingerprint density at radius 2 is 1.76 bits per heavy atom. The molecule has 0 heterocycles. The Balaban J connectivity index is 0.000000202. The second-order valence-electron chi connectivity index (χ2n) is 4.10. The Labute approximate surface area is 101 Å². The first-order valence-electron chi connectivity index (χ1n) is 5.17. The Morgan fingerprint density at radius 3 is 2.00 bits per heavy atom. The first-order valence-corrected chi connectivity index (χ1v) is 6.61. The van der Waals surface area contributed by atoms with Gasteiger partial charge < -0.3 is 5.11 Å². The maximum absolute atomic E-state index is 10.5. The van der Waals surface area contributed by atoms with Crippen LogP contribution in [0, 0.1) is 6.92 Å². The molecule has 0 aromatic heterocycles. The third-order valence-electron chi connectivity index (χ3n) is 2.46. The molecule has 2 rings (SSSR count). The third-order valence-corrected chi connectivity index (χ3v) is 3.33. The molecule has 94 valence electrons. The molecule has 1 aromatic rings. The quantitative estimate of drug-likeness (QED) is 0.626. The second kappa shape index (κ2) is 5.00. The molecule has 0 bridgehead atoms. The van der Waals surface area contributed by atoms with Crippen LogP contribution in [0.15, 0.2) is 41.8 Å². The lowest BCUT2D eigenvalue weighted by Crippen LogP contribution is -1.97. The zero-order valence-electron chi connectivity index (χ0n) is 9.63. The highest BCUT2D eigenvalue weighted by molar-refractivity contribution is 7.85. The van der Waals surface area contributed by atoms with Crippen LogP contribution in [0.4, 0.5) is 0 Å². The lowest BCUT2D eigenvalue weighted by atomic mass is 10.2. The topological polar surface area (TPSA) is 74.6 Å². The fourth-order valence-electron chi connectivity index (χ4n) is 1.04. The predicted molar refractivity (Wildman–Crippen MR) is 65.4 cm³/mol. The van der Waals surface area contributed by atoms with Crippen molar-refractivity contribution in [2.75, 3.05) is 0 Å². The van der Waals surface area contributed by atoms with Gasteiger partial charge in [0.15, 0.2) is 0 Å². The summed E-state index contributed by atoms with van der Waals surface area (Å²) in [5.41, 5.74) is 0.511. The first-order chi connectivity index (χ1) is 7.77. The van der Waals surface area contributed by atoms with E-state index in [9.17, 15) is 8.42 Å². The average molecular weight is 256 g/mol. The van der Waals surface area contributed by atoms with Gasteiger partial charge in [0.05, 0.1) is 10.5 Å². The fraction of sp³-hybridized carbons (Fsp3) is 0.333. The minimum Gasteiger partial charge on any atom is -0.386 e. The van der Waals surface area contributed by atoms with Crippen LogP contribution in [0.2, 0.25) is 0 Å². The van der Waals surface area contributed by atoms with Gasteiger partial charge in [-0.1, -0.05) is 23.8 Å². The van der Waals surface area contributed by atoms with Crippen molar-refractivity contribution >= 4 is 10.1 Å². The molecule has 0 amide bonds. The van der Waals surface area contributed by atoms with Crippen LogP contribution in [-0.2, 0) is 10.1 Å². The van der Waals surface area contributed by atoms with Crippen molar-refractivity contribution in [3.63, 3.8) is 0 Å². The summed E-state index contributed by atoms with van der Waals surface area (Å²) in [4.78, 5) is -0.0666. The monoisotopic (exact) mass is 256 g/mol. The van der Waals surface area contributed by atoms with Crippen molar-refractivity contribution in [2.24, 2.45) is 0 Å². The normalized spacial score (nSPS) is 16.6. The van der Waals surface area contributed by atoms with Crippen LogP contribution < -0.4 is 0 Å². The van der Waals surface area contributed by atoms with E-state index < -0.39 is 15.7 Å². The van der Waals surface area contributed by atoms with Gasteiger partial charge in [-0.05, 0) is 31.9 Å². The molecule has 4 nitrogen and oxygen atoms in total. The average Bonchev–Trinajstić information content (AvgIpc) is 2.98. The van der Waals surface area contributed by atoms with Crippen LogP contribution in [0.1, 0.15) is 18.4 Å². The van der Waals surface area contributed by atoms with Crippen LogP contribution in [0.25, 0.3) is 0 Å². The van der Waals surface area contributed by atoms with Crippen molar-refractivity contribution in [1.82, 2.24) is 0 Å². The van der Waals surface area contributed by atoms with Crippen LogP contribution >= 0.6 is 0 Å². The SMILES string of the molecule is C=CC1(O)CC1.Cc1ccc(S(=O)(=O)O)cc1. The standard InChI is InChI=1S/C7H8O3S.C5H8O/c1-6-2-4-7(5-3-6)11(8,9)10;1-2-5(6)3-4-5/h2-5H,1H3,(H,8,9,10);2,6H,1,3-4H2. The van der Waals surface area contributed by atoms with Gasteiger partial charge in [-0.15, -0.1) is 6.58 Å². The van der Waals surface area contributed by atoms with E-state index in [2.05, 4.69) is 6.58 Å². The van der Waals surface area contributed by atoms with Crippen molar-refractivity contribution in [3.8, 4) is 0 Å². The van der Waals surface area contributed by atoms with Crippen molar-refractivity contribution in [1.29, 1.82) is 0 Å². The number of aryl methyl sites for hydroxylation is 1. The predicted octanol–water partition coefficient (Wildman–Crippen LogP) is 1.94.